The predicted octanol–water partition coefficient (Wildman–Crippen LogP) is 1.71. The van der Waals surface area contributed by atoms with Gasteiger partial charge in [0.05, 0.1) is 5.54 Å². The molecule has 0 aromatic carbocycles. The minimum Gasteiger partial charge on any atom is -0.376 e. The smallest absolute Gasteiger partial charge is 0.164 e. The first kappa shape index (κ1) is 8.72. The van der Waals surface area contributed by atoms with Gasteiger partial charge in [-0.05, 0) is 56.2 Å². The van der Waals surface area contributed by atoms with Crippen molar-refractivity contribution in [1.29, 1.82) is 0 Å². The van der Waals surface area contributed by atoms with Crippen LogP contribution in [-0.4, -0.2) is 10.7 Å². The van der Waals surface area contributed by atoms with Gasteiger partial charge in [-0.15, -0.1) is 0 Å². The Morgan fingerprint density at radius 2 is 2.07 bits per heavy atom. The number of allylic oxidation sites excluding steroid dienone is 1. The number of hydrogen-bond acceptors (Lipinski definition) is 1. The van der Waals surface area contributed by atoms with Crippen LogP contribution in [0.5, 0.6) is 0 Å². The van der Waals surface area contributed by atoms with Crippen molar-refractivity contribution in [1.82, 2.24) is 5.32 Å². The van der Waals surface area contributed by atoms with E-state index in [-0.39, 0.29) is 5.54 Å². The highest BCUT2D eigenvalue weighted by Crippen LogP contribution is 2.52. The van der Waals surface area contributed by atoms with E-state index < -0.39 is 0 Å². The molecule has 3 N–H and O–H groups in total. The van der Waals surface area contributed by atoms with E-state index >= 15 is 0 Å². The van der Waals surface area contributed by atoms with Crippen LogP contribution in [-0.2, 0) is 0 Å². The lowest BCUT2D eigenvalue weighted by molar-refractivity contribution is 0.131. The van der Waals surface area contributed by atoms with Crippen LogP contribution in [0.15, 0.2) is 11.6 Å². The molecule has 0 spiro atoms. The topological polar surface area (TPSA) is 38.0 Å². The predicted molar refractivity (Wildman–Crippen MR) is 60.8 cm³/mol. The van der Waals surface area contributed by atoms with Crippen molar-refractivity contribution in [3.05, 3.63) is 11.6 Å². The number of thiocarbonyl (C=S) groups is 1. The summed E-state index contributed by atoms with van der Waals surface area (Å²) < 4.78 is 0. The van der Waals surface area contributed by atoms with Crippen LogP contribution < -0.4 is 11.1 Å². The van der Waals surface area contributed by atoms with Gasteiger partial charge >= 0.3 is 0 Å². The fourth-order valence-electron chi connectivity index (χ4n) is 3.90. The van der Waals surface area contributed by atoms with E-state index in [1.165, 1.54) is 32.1 Å². The highest BCUT2D eigenvalue weighted by molar-refractivity contribution is 7.80. The van der Waals surface area contributed by atoms with Crippen LogP contribution in [0.4, 0.5) is 0 Å². The Morgan fingerprint density at radius 1 is 1.43 bits per heavy atom. The summed E-state index contributed by atoms with van der Waals surface area (Å²) in [5.74, 6) is 1.79. The second-order valence-electron chi connectivity index (χ2n) is 5.23. The highest BCUT2D eigenvalue weighted by atomic mass is 32.1. The van der Waals surface area contributed by atoms with Gasteiger partial charge in [-0.25, -0.2) is 0 Å². The lowest BCUT2D eigenvalue weighted by Gasteiger charge is -2.52. The van der Waals surface area contributed by atoms with E-state index in [0.717, 1.165) is 11.8 Å². The van der Waals surface area contributed by atoms with E-state index in [1.54, 1.807) is 5.57 Å². The molecule has 2 atom stereocenters. The molecule has 4 aliphatic carbocycles. The summed E-state index contributed by atoms with van der Waals surface area (Å²) in [5, 5.41) is 3.78. The normalized spacial score (nSPS) is 43.6. The molecule has 2 unspecified atom stereocenters. The van der Waals surface area contributed by atoms with E-state index in [4.69, 9.17) is 18.0 Å². The third-order valence-corrected chi connectivity index (χ3v) is 4.03. The Kier molecular flexibility index (Phi) is 1.69. The Labute approximate surface area is 89.9 Å². The third kappa shape index (κ3) is 1.26. The summed E-state index contributed by atoms with van der Waals surface area (Å²) in [6, 6.07) is 0. The van der Waals surface area contributed by atoms with Crippen molar-refractivity contribution in [2.24, 2.45) is 17.6 Å². The SMILES string of the molecule is NC(=S)NC12C=C3CC(CC(C3)C1)C2. The zero-order valence-electron chi connectivity index (χ0n) is 8.25. The van der Waals surface area contributed by atoms with E-state index in [9.17, 15) is 0 Å². The van der Waals surface area contributed by atoms with Crippen LogP contribution in [0.3, 0.4) is 0 Å². The average molecular weight is 208 g/mol. The van der Waals surface area contributed by atoms with Crippen LogP contribution in [0, 0.1) is 11.8 Å². The van der Waals surface area contributed by atoms with Crippen LogP contribution in [0.2, 0.25) is 0 Å². The Hall–Kier alpha value is -0.570. The molecule has 0 aromatic heterocycles. The molecule has 0 aromatic rings. The molecule has 0 heterocycles. The molecular weight excluding hydrogens is 192 g/mol. The minimum atomic E-state index is 0.144. The van der Waals surface area contributed by atoms with Crippen LogP contribution in [0.25, 0.3) is 0 Å². The molecule has 4 aliphatic rings. The number of hydrogen-bond donors (Lipinski definition) is 2. The number of rotatable bonds is 1. The van der Waals surface area contributed by atoms with Crippen molar-refractivity contribution >= 4 is 17.3 Å². The molecule has 2 saturated carbocycles. The highest BCUT2D eigenvalue weighted by Gasteiger charge is 2.46. The van der Waals surface area contributed by atoms with E-state index in [2.05, 4.69) is 11.4 Å². The first-order valence-corrected chi connectivity index (χ1v) is 5.84. The molecule has 3 heteroatoms. The van der Waals surface area contributed by atoms with Crippen LogP contribution >= 0.6 is 12.2 Å². The van der Waals surface area contributed by atoms with Crippen molar-refractivity contribution in [2.75, 3.05) is 0 Å². The van der Waals surface area contributed by atoms with Crippen molar-refractivity contribution < 1.29 is 0 Å². The van der Waals surface area contributed by atoms with Gasteiger partial charge in [-0.1, -0.05) is 11.6 Å². The first-order chi connectivity index (χ1) is 6.65. The zero-order chi connectivity index (χ0) is 9.76. The monoisotopic (exact) mass is 208 g/mol. The Bertz CT molecular complexity index is 305. The van der Waals surface area contributed by atoms with Gasteiger partial charge in [0.1, 0.15) is 0 Å². The van der Waals surface area contributed by atoms with Crippen molar-refractivity contribution in [2.45, 2.75) is 37.6 Å². The standard InChI is InChI=1S/C11H16N2S/c12-10(14)13-11-4-7-1-8(5-11)3-9(2-7)6-11/h4,8-9H,1-3,5-6H2,(H3,12,13,14). The van der Waals surface area contributed by atoms with Crippen molar-refractivity contribution in [3.8, 4) is 0 Å². The molecule has 14 heavy (non-hydrogen) atoms. The molecule has 0 saturated heterocycles. The van der Waals surface area contributed by atoms with Gasteiger partial charge in [0, 0.05) is 0 Å². The number of nitrogens with two attached hydrogens (primary N) is 1. The summed E-state index contributed by atoms with van der Waals surface area (Å²) in [6.45, 7) is 0. The van der Waals surface area contributed by atoms with E-state index in [1.807, 2.05) is 0 Å². The quantitative estimate of drug-likeness (QED) is 0.509. The van der Waals surface area contributed by atoms with Gasteiger partial charge in [-0.3, -0.25) is 0 Å². The lowest BCUT2D eigenvalue weighted by atomic mass is 9.58. The van der Waals surface area contributed by atoms with Gasteiger partial charge < -0.3 is 11.1 Å². The van der Waals surface area contributed by atoms with Gasteiger partial charge in [0.15, 0.2) is 5.11 Å². The second-order valence-corrected chi connectivity index (χ2v) is 5.67. The van der Waals surface area contributed by atoms with Gasteiger partial charge in [-0.2, -0.15) is 0 Å². The molecule has 4 rings (SSSR count). The van der Waals surface area contributed by atoms with Gasteiger partial charge in [0.2, 0.25) is 0 Å². The molecule has 0 radical (unpaired) electrons. The zero-order valence-corrected chi connectivity index (χ0v) is 9.07. The summed E-state index contributed by atoms with van der Waals surface area (Å²) in [7, 11) is 0. The molecule has 76 valence electrons. The van der Waals surface area contributed by atoms with E-state index in [0.29, 0.717) is 5.11 Å². The van der Waals surface area contributed by atoms with Gasteiger partial charge in [0.25, 0.3) is 0 Å². The summed E-state index contributed by atoms with van der Waals surface area (Å²) in [5.41, 5.74) is 7.39. The summed E-state index contributed by atoms with van der Waals surface area (Å²) >= 11 is 4.97. The maximum absolute atomic E-state index is 5.60. The second kappa shape index (κ2) is 2.72. The molecule has 0 aliphatic heterocycles. The minimum absolute atomic E-state index is 0.144. The Morgan fingerprint density at radius 3 is 2.57 bits per heavy atom. The maximum atomic E-state index is 5.60. The molecule has 4 bridgehead atoms. The lowest BCUT2D eigenvalue weighted by Crippen LogP contribution is -2.57. The third-order valence-electron chi connectivity index (χ3n) is 3.93. The molecule has 2 fully saturated rings. The summed E-state index contributed by atoms with van der Waals surface area (Å²) in [6.07, 6.45) is 8.99. The van der Waals surface area contributed by atoms with Crippen LogP contribution in [0.1, 0.15) is 32.1 Å². The van der Waals surface area contributed by atoms with Crippen molar-refractivity contribution in [3.63, 3.8) is 0 Å². The fraction of sp³-hybridized carbons (Fsp3) is 0.727. The average Bonchev–Trinajstić information content (AvgIpc) is 1.96. The first-order valence-electron chi connectivity index (χ1n) is 5.43. The largest absolute Gasteiger partial charge is 0.376 e. The molecular formula is C11H16N2S. The molecule has 2 nitrogen and oxygen atoms in total. The fourth-order valence-corrected chi connectivity index (χ4v) is 4.10. The maximum Gasteiger partial charge on any atom is 0.164 e. The molecule has 0 amide bonds. The summed E-state index contributed by atoms with van der Waals surface area (Å²) in [4.78, 5) is 0. The Balaban J connectivity index is 1.93. The number of nitrogens with one attached hydrogen (secondary N) is 1.